The second-order valence-electron chi connectivity index (χ2n) is 7.26. The van der Waals surface area contributed by atoms with Crippen LogP contribution in [0.5, 0.6) is 0 Å². The standard InChI is InChI=1S/C20H23NO2/c1-12-5-6-14(9-13(12)2)15-7-8-17-16(10-15)11-20(3,4)18(17)21-19(22)23/h5-10,18,21H,11H2,1-4H3,(H,22,23). The summed E-state index contributed by atoms with van der Waals surface area (Å²) in [6.45, 7) is 8.47. The Labute approximate surface area is 137 Å². The van der Waals surface area contributed by atoms with Crippen molar-refractivity contribution < 1.29 is 9.90 Å². The van der Waals surface area contributed by atoms with Crippen molar-refractivity contribution in [3.05, 3.63) is 58.7 Å². The molecule has 1 amide bonds. The Morgan fingerprint density at radius 1 is 1.09 bits per heavy atom. The Hall–Kier alpha value is -2.29. The fraction of sp³-hybridized carbons (Fsp3) is 0.350. The summed E-state index contributed by atoms with van der Waals surface area (Å²) in [7, 11) is 0. The molecule has 1 atom stereocenters. The van der Waals surface area contributed by atoms with Gasteiger partial charge in [0.05, 0.1) is 6.04 Å². The zero-order valence-electron chi connectivity index (χ0n) is 14.1. The van der Waals surface area contributed by atoms with Gasteiger partial charge in [-0.25, -0.2) is 4.79 Å². The third-order valence-corrected chi connectivity index (χ3v) is 4.99. The van der Waals surface area contributed by atoms with Gasteiger partial charge in [0.25, 0.3) is 0 Å². The highest BCUT2D eigenvalue weighted by atomic mass is 16.4. The minimum atomic E-state index is -0.964. The molecule has 3 heteroatoms. The number of amides is 1. The lowest BCUT2D eigenvalue weighted by Crippen LogP contribution is -2.34. The quantitative estimate of drug-likeness (QED) is 0.832. The van der Waals surface area contributed by atoms with Gasteiger partial charge in [-0.3, -0.25) is 0 Å². The lowest BCUT2D eigenvalue weighted by molar-refractivity contribution is 0.175. The van der Waals surface area contributed by atoms with E-state index in [4.69, 9.17) is 5.11 Å². The highest BCUT2D eigenvalue weighted by Crippen LogP contribution is 2.46. The van der Waals surface area contributed by atoms with Crippen LogP contribution in [-0.4, -0.2) is 11.2 Å². The van der Waals surface area contributed by atoms with Crippen molar-refractivity contribution in [2.45, 2.75) is 40.2 Å². The molecule has 3 nitrogen and oxygen atoms in total. The van der Waals surface area contributed by atoms with Crippen LogP contribution in [0.4, 0.5) is 4.79 Å². The predicted octanol–water partition coefficient (Wildman–Crippen LogP) is 4.86. The highest BCUT2D eigenvalue weighted by Gasteiger charge is 2.39. The van der Waals surface area contributed by atoms with Gasteiger partial charge in [0.15, 0.2) is 0 Å². The van der Waals surface area contributed by atoms with E-state index in [9.17, 15) is 4.79 Å². The molecule has 0 fully saturated rings. The van der Waals surface area contributed by atoms with Crippen molar-refractivity contribution in [1.82, 2.24) is 5.32 Å². The number of hydrogen-bond acceptors (Lipinski definition) is 1. The van der Waals surface area contributed by atoms with Crippen molar-refractivity contribution in [2.75, 3.05) is 0 Å². The number of benzene rings is 2. The van der Waals surface area contributed by atoms with Gasteiger partial charge in [-0.1, -0.05) is 50.2 Å². The third kappa shape index (κ3) is 2.83. The molecular formula is C20H23NO2. The van der Waals surface area contributed by atoms with Gasteiger partial charge in [-0.15, -0.1) is 0 Å². The summed E-state index contributed by atoms with van der Waals surface area (Å²) < 4.78 is 0. The van der Waals surface area contributed by atoms with Crippen LogP contribution in [0.2, 0.25) is 0 Å². The number of aryl methyl sites for hydroxylation is 2. The van der Waals surface area contributed by atoms with Crippen molar-refractivity contribution in [3.63, 3.8) is 0 Å². The molecule has 1 unspecified atom stereocenters. The number of rotatable bonds is 2. The number of hydrogen-bond donors (Lipinski definition) is 2. The second-order valence-corrected chi connectivity index (χ2v) is 7.26. The van der Waals surface area contributed by atoms with Gasteiger partial charge < -0.3 is 10.4 Å². The van der Waals surface area contributed by atoms with E-state index in [0.29, 0.717) is 0 Å². The van der Waals surface area contributed by atoms with E-state index in [1.807, 2.05) is 0 Å². The van der Waals surface area contributed by atoms with Crippen LogP contribution in [0.15, 0.2) is 36.4 Å². The molecule has 2 aromatic rings. The molecule has 0 heterocycles. The Bertz CT molecular complexity index is 777. The predicted molar refractivity (Wildman–Crippen MR) is 92.7 cm³/mol. The molecule has 0 aliphatic heterocycles. The Balaban J connectivity index is 2.01. The number of nitrogens with one attached hydrogen (secondary N) is 1. The van der Waals surface area contributed by atoms with Crippen LogP contribution in [-0.2, 0) is 6.42 Å². The van der Waals surface area contributed by atoms with Crippen molar-refractivity contribution in [1.29, 1.82) is 0 Å². The Morgan fingerprint density at radius 3 is 2.39 bits per heavy atom. The molecule has 2 N–H and O–H groups in total. The van der Waals surface area contributed by atoms with Crippen molar-refractivity contribution >= 4 is 6.09 Å². The zero-order valence-corrected chi connectivity index (χ0v) is 14.1. The van der Waals surface area contributed by atoms with E-state index in [0.717, 1.165) is 12.0 Å². The van der Waals surface area contributed by atoms with Gasteiger partial charge in [-0.05, 0) is 59.1 Å². The molecule has 3 rings (SSSR count). The van der Waals surface area contributed by atoms with Gasteiger partial charge >= 0.3 is 6.09 Å². The molecule has 0 bridgehead atoms. The van der Waals surface area contributed by atoms with E-state index >= 15 is 0 Å². The summed E-state index contributed by atoms with van der Waals surface area (Å²) in [6, 6.07) is 12.8. The second kappa shape index (κ2) is 5.41. The summed E-state index contributed by atoms with van der Waals surface area (Å²) in [5, 5.41) is 11.8. The molecule has 1 aliphatic rings. The fourth-order valence-electron chi connectivity index (χ4n) is 3.55. The third-order valence-electron chi connectivity index (χ3n) is 4.99. The summed E-state index contributed by atoms with van der Waals surface area (Å²) in [6.07, 6.45) is -0.0828. The molecule has 0 saturated heterocycles. The lowest BCUT2D eigenvalue weighted by Gasteiger charge is -2.27. The van der Waals surface area contributed by atoms with Crippen molar-refractivity contribution in [2.24, 2.45) is 5.41 Å². The summed E-state index contributed by atoms with van der Waals surface area (Å²) in [4.78, 5) is 11.1. The maximum absolute atomic E-state index is 11.1. The van der Waals surface area contributed by atoms with Crippen LogP contribution in [0, 0.1) is 19.3 Å². The summed E-state index contributed by atoms with van der Waals surface area (Å²) >= 11 is 0. The minimum Gasteiger partial charge on any atom is -0.465 e. The van der Waals surface area contributed by atoms with Gasteiger partial charge in [0.2, 0.25) is 0 Å². The van der Waals surface area contributed by atoms with Gasteiger partial charge in [0, 0.05) is 0 Å². The van der Waals surface area contributed by atoms with E-state index in [1.165, 1.54) is 27.8 Å². The van der Waals surface area contributed by atoms with Crippen LogP contribution in [0.1, 0.15) is 42.1 Å². The molecule has 23 heavy (non-hydrogen) atoms. The molecule has 2 aromatic carbocycles. The Morgan fingerprint density at radius 2 is 1.74 bits per heavy atom. The first-order valence-electron chi connectivity index (χ1n) is 7.98. The maximum atomic E-state index is 11.1. The smallest absolute Gasteiger partial charge is 0.405 e. The van der Waals surface area contributed by atoms with Crippen LogP contribution >= 0.6 is 0 Å². The largest absolute Gasteiger partial charge is 0.465 e. The molecule has 1 aliphatic carbocycles. The number of carbonyl (C=O) groups is 1. The van der Waals surface area contributed by atoms with E-state index in [-0.39, 0.29) is 11.5 Å². The average molecular weight is 309 g/mol. The zero-order chi connectivity index (χ0) is 16.8. The van der Waals surface area contributed by atoms with E-state index < -0.39 is 6.09 Å². The Kier molecular flexibility index (Phi) is 3.67. The summed E-state index contributed by atoms with van der Waals surface area (Å²) in [5.41, 5.74) is 7.22. The molecule has 0 radical (unpaired) electrons. The van der Waals surface area contributed by atoms with Crippen LogP contribution in [0.3, 0.4) is 0 Å². The fourth-order valence-corrected chi connectivity index (χ4v) is 3.55. The first-order chi connectivity index (χ1) is 10.8. The number of carboxylic acid groups (broad SMARTS) is 1. The van der Waals surface area contributed by atoms with E-state index in [1.54, 1.807) is 0 Å². The van der Waals surface area contributed by atoms with Crippen LogP contribution < -0.4 is 5.32 Å². The lowest BCUT2D eigenvalue weighted by atomic mass is 9.85. The van der Waals surface area contributed by atoms with Crippen molar-refractivity contribution in [3.8, 4) is 11.1 Å². The molecular weight excluding hydrogens is 286 g/mol. The first kappa shape index (κ1) is 15.6. The number of fused-ring (bicyclic) bond motifs is 1. The molecule has 0 saturated carbocycles. The van der Waals surface area contributed by atoms with Gasteiger partial charge in [0.1, 0.15) is 0 Å². The molecule has 0 aromatic heterocycles. The molecule has 120 valence electrons. The normalized spacial score (nSPS) is 18.5. The van der Waals surface area contributed by atoms with E-state index in [2.05, 4.69) is 69.4 Å². The summed E-state index contributed by atoms with van der Waals surface area (Å²) in [5.74, 6) is 0. The average Bonchev–Trinajstić information content (AvgIpc) is 2.71. The first-order valence-corrected chi connectivity index (χ1v) is 7.98. The van der Waals surface area contributed by atoms with Gasteiger partial charge in [-0.2, -0.15) is 0 Å². The maximum Gasteiger partial charge on any atom is 0.405 e. The van der Waals surface area contributed by atoms with Crippen LogP contribution in [0.25, 0.3) is 11.1 Å². The monoisotopic (exact) mass is 309 g/mol. The molecule has 0 spiro atoms. The minimum absolute atomic E-state index is 0.109. The SMILES string of the molecule is Cc1ccc(-c2ccc3c(c2)CC(C)(C)C3NC(=O)O)cc1C. The highest BCUT2D eigenvalue weighted by molar-refractivity contribution is 5.69. The topological polar surface area (TPSA) is 49.3 Å².